The largest absolute Gasteiger partial charge is 0.486 e. The molecule has 2 rings (SSSR count). The third-order valence-electron chi connectivity index (χ3n) is 5.31. The average Bonchev–Trinajstić information content (AvgIpc) is 2.69. The number of nitrogens with zero attached hydrogens (tertiary/aromatic N) is 1. The van der Waals surface area contributed by atoms with E-state index in [4.69, 9.17) is 16.3 Å². The van der Waals surface area contributed by atoms with Crippen molar-refractivity contribution in [3.05, 3.63) is 52.8 Å². The molecule has 0 aliphatic rings. The van der Waals surface area contributed by atoms with Crippen LogP contribution in [0.3, 0.4) is 0 Å². The van der Waals surface area contributed by atoms with Crippen LogP contribution in [-0.4, -0.2) is 13.4 Å². The Hall–Kier alpha value is -1.39. The minimum absolute atomic E-state index is 0.0592. The zero-order valence-electron chi connectivity index (χ0n) is 18.5. The Balaban J connectivity index is 2.06. The summed E-state index contributed by atoms with van der Waals surface area (Å²) in [5.74, 6) is 0.573. The van der Waals surface area contributed by atoms with Gasteiger partial charge in [0, 0.05) is 11.1 Å². The van der Waals surface area contributed by atoms with Gasteiger partial charge in [-0.25, -0.2) is 0 Å². The van der Waals surface area contributed by atoms with Gasteiger partial charge in [-0.05, 0) is 28.9 Å². The van der Waals surface area contributed by atoms with Crippen molar-refractivity contribution in [2.24, 2.45) is 0 Å². The van der Waals surface area contributed by atoms with E-state index < -0.39 is 8.41 Å². The van der Waals surface area contributed by atoms with Gasteiger partial charge in [0.15, 0.2) is 5.75 Å². The highest BCUT2D eigenvalue weighted by Crippen LogP contribution is 2.30. The zero-order chi connectivity index (χ0) is 21.5. The van der Waals surface area contributed by atoms with E-state index in [1.165, 1.54) is 0 Å². The standard InChI is InChI=1S/C24H35ClFNOSi/c1-6-8-14-29(26,15-9-7-2)20-12-10-19(11-13-20)18-28-22-17-27-23(16-21(22)25)24(3,4)5/h10-13,16-17H,6-9,14-15,18H2,1-5H3. The van der Waals surface area contributed by atoms with E-state index in [9.17, 15) is 0 Å². The van der Waals surface area contributed by atoms with Crippen molar-refractivity contribution in [3.63, 3.8) is 0 Å². The molecule has 0 aliphatic heterocycles. The number of aromatic nitrogens is 1. The first-order valence-electron chi connectivity index (χ1n) is 10.8. The summed E-state index contributed by atoms with van der Waals surface area (Å²) in [7, 11) is -2.88. The molecule has 0 unspecified atom stereocenters. The monoisotopic (exact) mass is 435 g/mol. The molecule has 0 atom stereocenters. The minimum atomic E-state index is -2.88. The second-order valence-electron chi connectivity index (χ2n) is 8.91. The Morgan fingerprint density at radius 1 is 1.03 bits per heavy atom. The number of hydrogen-bond acceptors (Lipinski definition) is 2. The van der Waals surface area contributed by atoms with Crippen molar-refractivity contribution in [2.45, 2.75) is 84.4 Å². The maximum atomic E-state index is 15.7. The average molecular weight is 436 g/mol. The SMILES string of the molecule is CCCC[Si](F)(CCCC)c1ccc(COc2cnc(C(C)(C)C)cc2Cl)cc1. The fraction of sp³-hybridized carbons (Fsp3) is 0.542. The van der Waals surface area contributed by atoms with Gasteiger partial charge >= 0.3 is 0 Å². The van der Waals surface area contributed by atoms with Crippen LogP contribution >= 0.6 is 11.6 Å². The third kappa shape index (κ3) is 6.82. The van der Waals surface area contributed by atoms with E-state index in [0.717, 1.165) is 54.2 Å². The molecule has 0 fully saturated rings. The van der Waals surface area contributed by atoms with Crippen LogP contribution in [0.25, 0.3) is 0 Å². The van der Waals surface area contributed by atoms with Gasteiger partial charge in [0.05, 0.1) is 11.2 Å². The quantitative estimate of drug-likeness (QED) is 0.287. The summed E-state index contributed by atoms with van der Waals surface area (Å²) in [4.78, 5) is 4.47. The van der Waals surface area contributed by atoms with Gasteiger partial charge in [-0.15, -0.1) is 0 Å². The maximum Gasteiger partial charge on any atom is 0.277 e. The molecule has 0 saturated heterocycles. The lowest BCUT2D eigenvalue weighted by atomic mass is 9.92. The summed E-state index contributed by atoms with van der Waals surface area (Å²) < 4.78 is 21.6. The van der Waals surface area contributed by atoms with Crippen LogP contribution in [0.2, 0.25) is 17.1 Å². The van der Waals surface area contributed by atoms with Crippen LogP contribution in [-0.2, 0) is 12.0 Å². The molecule has 0 bridgehead atoms. The Morgan fingerprint density at radius 2 is 1.62 bits per heavy atom. The highest BCUT2D eigenvalue weighted by Gasteiger charge is 2.34. The lowest BCUT2D eigenvalue weighted by Crippen LogP contribution is -2.43. The van der Waals surface area contributed by atoms with Crippen molar-refractivity contribution >= 4 is 25.2 Å². The third-order valence-corrected chi connectivity index (χ3v) is 9.26. The Labute approximate surface area is 182 Å². The Morgan fingerprint density at radius 3 is 2.10 bits per heavy atom. The first-order chi connectivity index (χ1) is 13.7. The van der Waals surface area contributed by atoms with E-state index in [-0.39, 0.29) is 5.41 Å². The van der Waals surface area contributed by atoms with Crippen LogP contribution in [0, 0.1) is 0 Å². The molecule has 29 heavy (non-hydrogen) atoms. The number of halogens is 2. The lowest BCUT2D eigenvalue weighted by Gasteiger charge is -2.23. The molecule has 2 nitrogen and oxygen atoms in total. The number of unbranched alkanes of at least 4 members (excludes halogenated alkanes) is 2. The summed E-state index contributed by atoms with van der Waals surface area (Å²) >= 11 is 6.37. The van der Waals surface area contributed by atoms with Crippen LogP contribution < -0.4 is 9.92 Å². The number of pyridine rings is 1. The fourth-order valence-electron chi connectivity index (χ4n) is 3.32. The summed E-state index contributed by atoms with van der Waals surface area (Å²) in [5.41, 5.74) is 1.88. The smallest absolute Gasteiger partial charge is 0.277 e. The second kappa shape index (κ2) is 10.6. The molecule has 5 heteroatoms. The summed E-state index contributed by atoms with van der Waals surface area (Å²) in [6.07, 6.45) is 5.70. The molecule has 1 aromatic carbocycles. The summed E-state index contributed by atoms with van der Waals surface area (Å²) in [6, 6.07) is 11.2. The van der Waals surface area contributed by atoms with E-state index in [2.05, 4.69) is 39.6 Å². The maximum absolute atomic E-state index is 15.7. The normalized spacial score (nSPS) is 12.2. The van der Waals surface area contributed by atoms with Gasteiger partial charge in [-0.1, -0.05) is 96.2 Å². The van der Waals surface area contributed by atoms with Crippen LogP contribution in [0.1, 0.15) is 71.6 Å². The summed E-state index contributed by atoms with van der Waals surface area (Å²) in [6.45, 7) is 10.9. The molecule has 0 N–H and O–H groups in total. The fourth-order valence-corrected chi connectivity index (χ4v) is 6.95. The Bertz CT molecular complexity index is 765. The summed E-state index contributed by atoms with van der Waals surface area (Å²) in [5, 5.41) is 1.48. The van der Waals surface area contributed by atoms with Crippen molar-refractivity contribution in [2.75, 3.05) is 0 Å². The van der Waals surface area contributed by atoms with E-state index in [1.807, 2.05) is 30.3 Å². The lowest BCUT2D eigenvalue weighted by molar-refractivity contribution is 0.304. The van der Waals surface area contributed by atoms with E-state index >= 15 is 4.11 Å². The second-order valence-corrected chi connectivity index (χ2v) is 12.8. The van der Waals surface area contributed by atoms with Crippen LogP contribution in [0.15, 0.2) is 36.5 Å². The number of rotatable bonds is 10. The highest BCUT2D eigenvalue weighted by molar-refractivity contribution is 6.86. The van der Waals surface area contributed by atoms with Gasteiger partial charge in [0.1, 0.15) is 6.61 Å². The van der Waals surface area contributed by atoms with Gasteiger partial charge in [0.25, 0.3) is 8.41 Å². The van der Waals surface area contributed by atoms with Crippen molar-refractivity contribution in [1.29, 1.82) is 0 Å². The van der Waals surface area contributed by atoms with Gasteiger partial charge < -0.3 is 8.84 Å². The van der Waals surface area contributed by atoms with Gasteiger partial charge in [-0.3, -0.25) is 4.98 Å². The topological polar surface area (TPSA) is 22.1 Å². The predicted octanol–water partition coefficient (Wildman–Crippen LogP) is 7.33. The van der Waals surface area contributed by atoms with E-state index in [1.54, 1.807) is 6.20 Å². The predicted molar refractivity (Wildman–Crippen MR) is 125 cm³/mol. The molecule has 0 spiro atoms. The van der Waals surface area contributed by atoms with Crippen LogP contribution in [0.5, 0.6) is 5.75 Å². The molecule has 0 saturated carbocycles. The van der Waals surface area contributed by atoms with E-state index in [0.29, 0.717) is 17.4 Å². The van der Waals surface area contributed by atoms with Crippen LogP contribution in [0.4, 0.5) is 4.11 Å². The first-order valence-corrected chi connectivity index (χ1v) is 13.4. The molecular weight excluding hydrogens is 401 g/mol. The van der Waals surface area contributed by atoms with Crippen molar-refractivity contribution in [3.8, 4) is 5.75 Å². The molecule has 0 aliphatic carbocycles. The molecule has 160 valence electrons. The molecule has 2 aromatic rings. The number of ether oxygens (including phenoxy) is 1. The first kappa shape index (κ1) is 23.9. The van der Waals surface area contributed by atoms with Gasteiger partial charge in [0.2, 0.25) is 0 Å². The minimum Gasteiger partial charge on any atom is -0.486 e. The number of hydrogen-bond donors (Lipinski definition) is 0. The zero-order valence-corrected chi connectivity index (χ0v) is 20.3. The highest BCUT2D eigenvalue weighted by atomic mass is 35.5. The molecule has 1 aromatic heterocycles. The Kier molecular flexibility index (Phi) is 8.71. The molecule has 0 amide bonds. The van der Waals surface area contributed by atoms with Crippen molar-refractivity contribution < 1.29 is 8.84 Å². The number of benzene rings is 1. The van der Waals surface area contributed by atoms with Crippen molar-refractivity contribution in [1.82, 2.24) is 4.98 Å². The molecule has 1 heterocycles. The molecular formula is C24H35ClFNOSi. The molecule has 0 radical (unpaired) electrons. The van der Waals surface area contributed by atoms with Gasteiger partial charge in [-0.2, -0.15) is 0 Å².